The second-order valence-electron chi connectivity index (χ2n) is 6.74. The molecule has 1 amide bonds. The summed E-state index contributed by atoms with van der Waals surface area (Å²) in [6.07, 6.45) is 3.27. The van der Waals surface area contributed by atoms with E-state index >= 15 is 0 Å². The molecular weight excluding hydrogens is 350 g/mol. The maximum atomic E-state index is 12.2. The molecule has 0 bridgehead atoms. The van der Waals surface area contributed by atoms with E-state index in [4.69, 9.17) is 0 Å². The number of sulfonamides is 1. The number of benzene rings is 1. The molecule has 1 aromatic rings. The Bertz CT molecular complexity index is 683. The van der Waals surface area contributed by atoms with Gasteiger partial charge in [-0.05, 0) is 31.0 Å². The number of amides is 1. The number of nitrogens with zero attached hydrogens (tertiary/aromatic N) is 2. The summed E-state index contributed by atoms with van der Waals surface area (Å²) in [5.41, 5.74) is 1.77. The van der Waals surface area contributed by atoms with Crippen LogP contribution in [0.1, 0.15) is 49.0 Å². The molecule has 6 nitrogen and oxygen atoms in total. The third kappa shape index (κ3) is 6.07. The van der Waals surface area contributed by atoms with Crippen molar-refractivity contribution in [2.75, 3.05) is 38.5 Å². The fourth-order valence-corrected chi connectivity index (χ4v) is 4.18. The fraction of sp³-hybridized carbons (Fsp3) is 0.632. The van der Waals surface area contributed by atoms with Gasteiger partial charge in [0.1, 0.15) is 0 Å². The summed E-state index contributed by atoms with van der Waals surface area (Å²) in [4.78, 5) is 14.5. The molecule has 2 rings (SSSR count). The Morgan fingerprint density at radius 2 is 1.85 bits per heavy atom. The summed E-state index contributed by atoms with van der Waals surface area (Å²) >= 11 is 0. The first kappa shape index (κ1) is 20.9. The number of carbonyl (C=O) groups excluding carboxylic acids is 1. The smallest absolute Gasteiger partial charge is 0.251 e. The van der Waals surface area contributed by atoms with Gasteiger partial charge in [-0.15, -0.1) is 0 Å². The number of unbranched alkanes of at least 4 members (excludes halogenated alkanes) is 2. The van der Waals surface area contributed by atoms with Crippen molar-refractivity contribution in [1.29, 1.82) is 0 Å². The predicted molar refractivity (Wildman–Crippen MR) is 105 cm³/mol. The van der Waals surface area contributed by atoms with Gasteiger partial charge in [0.2, 0.25) is 10.0 Å². The fourth-order valence-electron chi connectivity index (χ4n) is 3.10. The van der Waals surface area contributed by atoms with Crippen LogP contribution in [0.4, 0.5) is 0 Å². The van der Waals surface area contributed by atoms with Crippen LogP contribution in [0.15, 0.2) is 24.3 Å². The Kier molecular flexibility index (Phi) is 8.06. The first-order valence-electron chi connectivity index (χ1n) is 9.53. The lowest BCUT2D eigenvalue weighted by molar-refractivity contribution is 0.0952. The van der Waals surface area contributed by atoms with Gasteiger partial charge in [-0.25, -0.2) is 8.42 Å². The number of hydrogen-bond acceptors (Lipinski definition) is 4. The van der Waals surface area contributed by atoms with Crippen LogP contribution in [0.25, 0.3) is 0 Å². The minimum absolute atomic E-state index is 0.0261. The molecule has 0 saturated carbocycles. The van der Waals surface area contributed by atoms with Crippen LogP contribution in [0.2, 0.25) is 0 Å². The van der Waals surface area contributed by atoms with Crippen molar-refractivity contribution in [3.63, 3.8) is 0 Å². The first-order valence-corrected chi connectivity index (χ1v) is 11.1. The lowest BCUT2D eigenvalue weighted by atomic mass is 10.1. The average Bonchev–Trinajstić information content (AvgIpc) is 2.66. The van der Waals surface area contributed by atoms with Crippen molar-refractivity contribution in [2.45, 2.75) is 39.7 Å². The average molecular weight is 382 g/mol. The topological polar surface area (TPSA) is 69.7 Å². The molecule has 0 spiro atoms. The van der Waals surface area contributed by atoms with Crippen LogP contribution in [-0.2, 0) is 16.6 Å². The van der Waals surface area contributed by atoms with Crippen LogP contribution in [0.5, 0.6) is 0 Å². The molecule has 0 aliphatic carbocycles. The number of carbonyl (C=O) groups is 1. The van der Waals surface area contributed by atoms with Gasteiger partial charge < -0.3 is 5.32 Å². The number of rotatable bonds is 9. The van der Waals surface area contributed by atoms with Crippen LogP contribution in [0.3, 0.4) is 0 Å². The molecule has 1 fully saturated rings. The Labute approximate surface area is 157 Å². The van der Waals surface area contributed by atoms with E-state index in [0.29, 0.717) is 38.3 Å². The van der Waals surface area contributed by atoms with Gasteiger partial charge in [0.15, 0.2) is 0 Å². The highest BCUT2D eigenvalue weighted by Gasteiger charge is 2.25. The highest BCUT2D eigenvalue weighted by Crippen LogP contribution is 2.13. The zero-order valence-corrected chi connectivity index (χ0v) is 16.7. The molecule has 26 heavy (non-hydrogen) atoms. The largest absolute Gasteiger partial charge is 0.352 e. The number of hydrogen-bond donors (Lipinski definition) is 1. The quantitative estimate of drug-likeness (QED) is 0.665. The molecular formula is C19H31N3O3S. The molecule has 0 atom stereocenters. The van der Waals surface area contributed by atoms with E-state index in [0.717, 1.165) is 31.4 Å². The third-order valence-electron chi connectivity index (χ3n) is 4.75. The van der Waals surface area contributed by atoms with Crippen LogP contribution in [-0.4, -0.2) is 62.0 Å². The maximum absolute atomic E-state index is 12.2. The molecule has 0 aromatic heterocycles. The van der Waals surface area contributed by atoms with E-state index in [2.05, 4.69) is 17.1 Å². The summed E-state index contributed by atoms with van der Waals surface area (Å²) in [6, 6.07) is 7.70. The van der Waals surface area contributed by atoms with Crippen LogP contribution in [0, 0.1) is 0 Å². The zero-order valence-electron chi connectivity index (χ0n) is 15.9. The van der Waals surface area contributed by atoms with Crippen molar-refractivity contribution in [1.82, 2.24) is 14.5 Å². The monoisotopic (exact) mass is 381 g/mol. The molecule has 1 aromatic carbocycles. The molecule has 146 valence electrons. The van der Waals surface area contributed by atoms with Gasteiger partial charge in [-0.3, -0.25) is 9.69 Å². The summed E-state index contributed by atoms with van der Waals surface area (Å²) in [6.45, 7) is 7.77. The number of piperazine rings is 1. The molecule has 0 unspecified atom stereocenters. The summed E-state index contributed by atoms with van der Waals surface area (Å²) < 4.78 is 25.4. The minimum Gasteiger partial charge on any atom is -0.352 e. The Balaban J connectivity index is 1.86. The van der Waals surface area contributed by atoms with Gasteiger partial charge in [0.05, 0.1) is 5.75 Å². The summed E-state index contributed by atoms with van der Waals surface area (Å²) in [7, 11) is -3.09. The standard InChI is InChI=1S/C19H31N3O3S/c1-3-5-6-10-20-19(23)18-9-7-8-17(15-18)16-21-11-13-22(14-12-21)26(24,25)4-2/h7-9,15H,3-6,10-14,16H2,1-2H3,(H,20,23). The van der Waals surface area contributed by atoms with Crippen molar-refractivity contribution in [3.05, 3.63) is 35.4 Å². The predicted octanol–water partition coefficient (Wildman–Crippen LogP) is 2.07. The van der Waals surface area contributed by atoms with E-state index in [1.54, 1.807) is 11.2 Å². The van der Waals surface area contributed by atoms with E-state index in [1.807, 2.05) is 24.3 Å². The Morgan fingerprint density at radius 1 is 1.12 bits per heavy atom. The molecule has 7 heteroatoms. The highest BCUT2D eigenvalue weighted by molar-refractivity contribution is 7.89. The molecule has 1 aliphatic heterocycles. The van der Waals surface area contributed by atoms with Gasteiger partial charge in [0, 0.05) is 44.8 Å². The second-order valence-corrected chi connectivity index (χ2v) is 9.00. The normalized spacial score (nSPS) is 16.5. The van der Waals surface area contributed by atoms with E-state index < -0.39 is 10.0 Å². The number of nitrogens with one attached hydrogen (secondary N) is 1. The lowest BCUT2D eigenvalue weighted by Crippen LogP contribution is -2.48. The molecule has 1 N–H and O–H groups in total. The molecule has 0 radical (unpaired) electrons. The first-order chi connectivity index (χ1) is 12.5. The van der Waals surface area contributed by atoms with E-state index in [-0.39, 0.29) is 11.7 Å². The third-order valence-corrected chi connectivity index (χ3v) is 6.63. The van der Waals surface area contributed by atoms with E-state index in [9.17, 15) is 13.2 Å². The summed E-state index contributed by atoms with van der Waals surface area (Å²) in [5.74, 6) is 0.129. The molecule has 1 aliphatic rings. The van der Waals surface area contributed by atoms with E-state index in [1.165, 1.54) is 0 Å². The van der Waals surface area contributed by atoms with Gasteiger partial charge in [0.25, 0.3) is 5.91 Å². The van der Waals surface area contributed by atoms with Crippen molar-refractivity contribution >= 4 is 15.9 Å². The summed E-state index contributed by atoms with van der Waals surface area (Å²) in [5, 5.41) is 2.97. The SMILES string of the molecule is CCCCCNC(=O)c1cccc(CN2CCN(S(=O)(=O)CC)CC2)c1. The van der Waals surface area contributed by atoms with Crippen molar-refractivity contribution in [2.24, 2.45) is 0 Å². The Hall–Kier alpha value is -1.44. The maximum Gasteiger partial charge on any atom is 0.251 e. The van der Waals surface area contributed by atoms with Gasteiger partial charge >= 0.3 is 0 Å². The lowest BCUT2D eigenvalue weighted by Gasteiger charge is -2.33. The zero-order chi connectivity index (χ0) is 19.0. The highest BCUT2D eigenvalue weighted by atomic mass is 32.2. The minimum atomic E-state index is -3.09. The second kappa shape index (κ2) is 10.0. The molecule has 1 saturated heterocycles. The van der Waals surface area contributed by atoms with Crippen LogP contribution < -0.4 is 5.32 Å². The van der Waals surface area contributed by atoms with Crippen LogP contribution >= 0.6 is 0 Å². The van der Waals surface area contributed by atoms with Gasteiger partial charge in [-0.1, -0.05) is 31.9 Å². The van der Waals surface area contributed by atoms with Crippen molar-refractivity contribution in [3.8, 4) is 0 Å². The molecule has 1 heterocycles. The van der Waals surface area contributed by atoms with Crippen molar-refractivity contribution < 1.29 is 13.2 Å². The Morgan fingerprint density at radius 3 is 2.50 bits per heavy atom. The van der Waals surface area contributed by atoms with Gasteiger partial charge in [-0.2, -0.15) is 4.31 Å².